The topological polar surface area (TPSA) is 40.6 Å². The molecule has 1 atom stereocenters. The van der Waals surface area contributed by atoms with Crippen molar-refractivity contribution in [1.29, 1.82) is 0 Å². The third kappa shape index (κ3) is 5.76. The molecule has 0 spiro atoms. The molecule has 1 unspecified atom stereocenters. The summed E-state index contributed by atoms with van der Waals surface area (Å²) in [6.45, 7) is 7.94. The molecular formula is C26H36N2O2S. The van der Waals surface area contributed by atoms with Gasteiger partial charge in [-0.25, -0.2) is 0 Å². The molecule has 0 saturated carbocycles. The van der Waals surface area contributed by atoms with Crippen LogP contribution < -0.4 is 0 Å². The van der Waals surface area contributed by atoms with Crippen molar-refractivity contribution in [3.63, 3.8) is 0 Å². The Morgan fingerprint density at radius 1 is 1.06 bits per heavy atom. The monoisotopic (exact) mass is 440 g/mol. The number of thiophene rings is 1. The van der Waals surface area contributed by atoms with Gasteiger partial charge in [0.2, 0.25) is 11.8 Å². The Hall–Kier alpha value is -2.14. The van der Waals surface area contributed by atoms with E-state index >= 15 is 0 Å². The zero-order chi connectivity index (χ0) is 22.2. The van der Waals surface area contributed by atoms with Crippen LogP contribution in [0.3, 0.4) is 0 Å². The van der Waals surface area contributed by atoms with Crippen LogP contribution in [-0.2, 0) is 16.0 Å². The number of benzene rings is 1. The van der Waals surface area contributed by atoms with Crippen molar-refractivity contribution < 1.29 is 9.59 Å². The van der Waals surface area contributed by atoms with Gasteiger partial charge in [-0.1, -0.05) is 57.4 Å². The highest BCUT2D eigenvalue weighted by atomic mass is 32.1. The number of hydrogen-bond acceptors (Lipinski definition) is 3. The highest BCUT2D eigenvalue weighted by molar-refractivity contribution is 7.10. The van der Waals surface area contributed by atoms with E-state index in [1.165, 1.54) is 21.6 Å². The smallest absolute Gasteiger partial charge is 0.242 e. The molecule has 0 radical (unpaired) electrons. The molecule has 0 fully saturated rings. The summed E-state index contributed by atoms with van der Waals surface area (Å²) in [5.41, 5.74) is 3.63. The molecule has 0 aliphatic carbocycles. The molecule has 4 nitrogen and oxygen atoms in total. The highest BCUT2D eigenvalue weighted by Crippen LogP contribution is 2.39. The third-order valence-corrected chi connectivity index (χ3v) is 7.22. The van der Waals surface area contributed by atoms with Crippen LogP contribution in [0.1, 0.15) is 80.0 Å². The van der Waals surface area contributed by atoms with Gasteiger partial charge in [0.15, 0.2) is 0 Å². The van der Waals surface area contributed by atoms with Crippen LogP contribution in [0.4, 0.5) is 0 Å². The predicted octanol–water partition coefficient (Wildman–Crippen LogP) is 5.74. The van der Waals surface area contributed by atoms with E-state index in [0.29, 0.717) is 19.5 Å². The van der Waals surface area contributed by atoms with E-state index in [9.17, 15) is 9.59 Å². The summed E-state index contributed by atoms with van der Waals surface area (Å²) in [5.74, 6) is 0.181. The maximum absolute atomic E-state index is 13.6. The van der Waals surface area contributed by atoms with Crippen LogP contribution >= 0.6 is 11.3 Å². The zero-order valence-corrected chi connectivity index (χ0v) is 20.0. The molecule has 0 N–H and O–H groups in total. The standard InChI is InChI=1S/C26H36N2O2S/c1-4-6-8-13-24(29)27(16-7-5-2)19-25(30)28-17-14-23-22(15-18-31-23)26(28)21-12-10-9-11-20(21)3/h9-12,15,18,26H,4-8,13-14,16-17,19H2,1-3H3. The van der Waals surface area contributed by atoms with Crippen molar-refractivity contribution in [1.82, 2.24) is 9.80 Å². The van der Waals surface area contributed by atoms with Crippen molar-refractivity contribution in [2.45, 2.75) is 71.8 Å². The molecule has 5 heteroatoms. The van der Waals surface area contributed by atoms with E-state index in [1.807, 2.05) is 11.0 Å². The Kier molecular flexibility index (Phi) is 8.70. The normalized spacial score (nSPS) is 15.6. The molecule has 168 valence electrons. The number of carbonyl (C=O) groups excluding carboxylic acids is 2. The molecule has 1 aromatic heterocycles. The molecule has 2 amide bonds. The number of unbranched alkanes of at least 4 members (excludes halogenated alkanes) is 3. The summed E-state index contributed by atoms with van der Waals surface area (Å²) in [5, 5.41) is 2.13. The Balaban J connectivity index is 1.82. The second kappa shape index (κ2) is 11.5. The van der Waals surface area contributed by atoms with Gasteiger partial charge >= 0.3 is 0 Å². The Labute approximate surface area is 191 Å². The average molecular weight is 441 g/mol. The van der Waals surface area contributed by atoms with Gasteiger partial charge in [-0.3, -0.25) is 9.59 Å². The quantitative estimate of drug-likeness (QED) is 0.442. The summed E-state index contributed by atoms with van der Waals surface area (Å²) in [6, 6.07) is 10.5. The van der Waals surface area contributed by atoms with Crippen LogP contribution in [0, 0.1) is 6.92 Å². The number of aryl methyl sites for hydroxylation is 1. The molecule has 3 rings (SSSR count). The minimum absolute atomic E-state index is 0.0602. The van der Waals surface area contributed by atoms with Crippen LogP contribution in [0.15, 0.2) is 35.7 Å². The number of hydrogen-bond donors (Lipinski definition) is 0. The fourth-order valence-corrected chi connectivity index (χ4v) is 5.30. The first kappa shape index (κ1) is 23.5. The van der Waals surface area contributed by atoms with Gasteiger partial charge in [-0.15, -0.1) is 11.3 Å². The lowest BCUT2D eigenvalue weighted by atomic mass is 9.90. The molecule has 1 aromatic carbocycles. The summed E-state index contributed by atoms with van der Waals surface area (Å²) in [7, 11) is 0. The first-order valence-corrected chi connectivity index (χ1v) is 12.6. The van der Waals surface area contributed by atoms with E-state index in [-0.39, 0.29) is 24.4 Å². The van der Waals surface area contributed by atoms with Crippen LogP contribution in [0.5, 0.6) is 0 Å². The SMILES string of the molecule is CCCCCC(=O)N(CCCC)CC(=O)N1CCc2sccc2C1c1ccccc1C. The van der Waals surface area contributed by atoms with Gasteiger partial charge < -0.3 is 9.80 Å². The Morgan fingerprint density at radius 2 is 1.84 bits per heavy atom. The van der Waals surface area contributed by atoms with Crippen LogP contribution in [0.25, 0.3) is 0 Å². The molecule has 2 aromatic rings. The average Bonchev–Trinajstić information content (AvgIpc) is 3.25. The van der Waals surface area contributed by atoms with E-state index in [1.54, 1.807) is 16.2 Å². The number of fused-ring (bicyclic) bond motifs is 1. The summed E-state index contributed by atoms with van der Waals surface area (Å²) < 4.78 is 0. The lowest BCUT2D eigenvalue weighted by Gasteiger charge is -2.38. The minimum Gasteiger partial charge on any atom is -0.333 e. The summed E-state index contributed by atoms with van der Waals surface area (Å²) >= 11 is 1.78. The van der Waals surface area contributed by atoms with Gasteiger partial charge in [0, 0.05) is 24.4 Å². The summed E-state index contributed by atoms with van der Waals surface area (Å²) in [4.78, 5) is 31.6. The summed E-state index contributed by atoms with van der Waals surface area (Å²) in [6.07, 6.45) is 6.43. The van der Waals surface area contributed by atoms with Crippen LogP contribution in [-0.4, -0.2) is 41.2 Å². The van der Waals surface area contributed by atoms with Crippen molar-refractivity contribution in [2.24, 2.45) is 0 Å². The van der Waals surface area contributed by atoms with Gasteiger partial charge in [0.25, 0.3) is 0 Å². The molecule has 0 saturated heterocycles. The maximum Gasteiger partial charge on any atom is 0.242 e. The van der Waals surface area contributed by atoms with E-state index in [0.717, 1.165) is 38.5 Å². The first-order valence-electron chi connectivity index (χ1n) is 11.8. The Bertz CT molecular complexity index is 876. The zero-order valence-electron chi connectivity index (χ0n) is 19.2. The van der Waals surface area contributed by atoms with Crippen molar-refractivity contribution in [3.05, 3.63) is 57.3 Å². The molecule has 31 heavy (non-hydrogen) atoms. The first-order chi connectivity index (χ1) is 15.1. The Morgan fingerprint density at radius 3 is 2.58 bits per heavy atom. The van der Waals surface area contributed by atoms with E-state index in [2.05, 4.69) is 50.4 Å². The second-order valence-corrected chi connectivity index (χ2v) is 9.52. The number of amides is 2. The predicted molar refractivity (Wildman–Crippen MR) is 128 cm³/mol. The fraction of sp³-hybridized carbons (Fsp3) is 0.538. The van der Waals surface area contributed by atoms with E-state index in [4.69, 9.17) is 0 Å². The minimum atomic E-state index is -0.0630. The van der Waals surface area contributed by atoms with Gasteiger partial charge in [-0.2, -0.15) is 0 Å². The molecule has 1 aliphatic rings. The van der Waals surface area contributed by atoms with Gasteiger partial charge in [-0.05, 0) is 54.3 Å². The lowest BCUT2D eigenvalue weighted by molar-refractivity contribution is -0.141. The molecule has 0 bridgehead atoms. The van der Waals surface area contributed by atoms with E-state index < -0.39 is 0 Å². The fourth-order valence-electron chi connectivity index (χ4n) is 4.39. The largest absolute Gasteiger partial charge is 0.333 e. The van der Waals surface area contributed by atoms with Gasteiger partial charge in [0.1, 0.15) is 0 Å². The number of rotatable bonds is 10. The van der Waals surface area contributed by atoms with Crippen molar-refractivity contribution in [3.8, 4) is 0 Å². The maximum atomic E-state index is 13.6. The molecule has 2 heterocycles. The third-order valence-electron chi connectivity index (χ3n) is 6.22. The van der Waals surface area contributed by atoms with Gasteiger partial charge in [0.05, 0.1) is 12.6 Å². The molecular weight excluding hydrogens is 404 g/mol. The second-order valence-electron chi connectivity index (χ2n) is 8.52. The number of carbonyl (C=O) groups is 2. The van der Waals surface area contributed by atoms with Crippen molar-refractivity contribution in [2.75, 3.05) is 19.6 Å². The number of nitrogens with zero attached hydrogens (tertiary/aromatic N) is 2. The van der Waals surface area contributed by atoms with Crippen LogP contribution in [0.2, 0.25) is 0 Å². The highest BCUT2D eigenvalue weighted by Gasteiger charge is 2.34. The van der Waals surface area contributed by atoms with Crippen molar-refractivity contribution >= 4 is 23.2 Å². The lowest BCUT2D eigenvalue weighted by Crippen LogP contribution is -2.47. The molecule has 1 aliphatic heterocycles.